The first-order valence-corrected chi connectivity index (χ1v) is 10.9. The first-order chi connectivity index (χ1) is 14.6. The number of pyridine rings is 1. The maximum Gasteiger partial charge on any atom is 0.162 e. The zero-order valence-electron chi connectivity index (χ0n) is 18.5. The molecule has 6 nitrogen and oxygen atoms in total. The van der Waals surface area contributed by atoms with Gasteiger partial charge in [-0.2, -0.15) is 5.10 Å². The average Bonchev–Trinajstić information content (AvgIpc) is 3.18. The third-order valence-corrected chi connectivity index (χ3v) is 5.37. The number of unbranched alkanes of at least 4 members (excludes halogenated alkanes) is 1. The number of nitrogens with zero attached hydrogens (tertiary/aromatic N) is 6. The first kappa shape index (κ1) is 22.0. The van der Waals surface area contributed by atoms with Crippen LogP contribution in [0, 0.1) is 5.92 Å². The predicted molar refractivity (Wildman–Crippen MR) is 125 cm³/mol. The van der Waals surface area contributed by atoms with Crippen molar-refractivity contribution in [3.05, 3.63) is 55.8 Å². The maximum absolute atomic E-state index is 4.58. The summed E-state index contributed by atoms with van der Waals surface area (Å²) in [6.07, 6.45) is 15.1. The summed E-state index contributed by atoms with van der Waals surface area (Å²) in [5.41, 5.74) is 4.15. The van der Waals surface area contributed by atoms with Crippen molar-refractivity contribution >= 4 is 11.3 Å². The van der Waals surface area contributed by atoms with E-state index in [1.54, 1.807) is 12.4 Å². The summed E-state index contributed by atoms with van der Waals surface area (Å²) >= 11 is 0. The van der Waals surface area contributed by atoms with Crippen molar-refractivity contribution in [2.75, 3.05) is 38.1 Å². The summed E-state index contributed by atoms with van der Waals surface area (Å²) in [5, 5.41) is 4.42. The van der Waals surface area contributed by atoms with Crippen molar-refractivity contribution in [2.45, 2.75) is 33.1 Å². The number of hydrogen-bond donors (Lipinski definition) is 0. The lowest BCUT2D eigenvalue weighted by Crippen LogP contribution is -2.45. The molecule has 0 spiro atoms. The van der Waals surface area contributed by atoms with Crippen LogP contribution >= 0.6 is 0 Å². The van der Waals surface area contributed by atoms with Gasteiger partial charge in [0.25, 0.3) is 0 Å². The third kappa shape index (κ3) is 5.66. The van der Waals surface area contributed by atoms with E-state index in [9.17, 15) is 0 Å². The molecule has 0 atom stereocenters. The highest BCUT2D eigenvalue weighted by atomic mass is 15.3. The van der Waals surface area contributed by atoms with E-state index in [1.165, 1.54) is 19.4 Å². The Morgan fingerprint density at radius 2 is 1.97 bits per heavy atom. The van der Waals surface area contributed by atoms with Gasteiger partial charge in [-0.15, -0.1) is 6.58 Å². The molecule has 0 aliphatic carbocycles. The maximum atomic E-state index is 4.58. The van der Waals surface area contributed by atoms with Crippen LogP contribution in [-0.4, -0.2) is 57.7 Å². The van der Waals surface area contributed by atoms with Crippen molar-refractivity contribution < 1.29 is 0 Å². The van der Waals surface area contributed by atoms with Crippen molar-refractivity contribution in [1.82, 2.24) is 24.5 Å². The Balaban J connectivity index is 0.000000220. The van der Waals surface area contributed by atoms with Crippen LogP contribution in [-0.2, 0) is 0 Å². The quantitative estimate of drug-likeness (QED) is 0.514. The van der Waals surface area contributed by atoms with Gasteiger partial charge in [-0.1, -0.05) is 26.3 Å². The van der Waals surface area contributed by atoms with Gasteiger partial charge >= 0.3 is 0 Å². The molecule has 30 heavy (non-hydrogen) atoms. The highest BCUT2D eigenvalue weighted by Crippen LogP contribution is 2.26. The molecule has 1 saturated heterocycles. The fourth-order valence-corrected chi connectivity index (χ4v) is 3.52. The summed E-state index contributed by atoms with van der Waals surface area (Å²) < 4.78 is 1.86. The van der Waals surface area contributed by atoms with Crippen molar-refractivity contribution in [1.29, 1.82) is 0 Å². The minimum Gasteiger partial charge on any atom is -0.368 e. The van der Waals surface area contributed by atoms with Crippen molar-refractivity contribution in [3.8, 4) is 11.1 Å². The van der Waals surface area contributed by atoms with Gasteiger partial charge in [0.15, 0.2) is 5.65 Å². The Hall–Kier alpha value is -2.73. The molecule has 0 aromatic carbocycles. The second-order valence-electron chi connectivity index (χ2n) is 8.12. The molecule has 3 aromatic heterocycles. The van der Waals surface area contributed by atoms with E-state index in [1.807, 2.05) is 35.1 Å². The van der Waals surface area contributed by atoms with Crippen LogP contribution in [0.2, 0.25) is 0 Å². The Morgan fingerprint density at radius 1 is 1.20 bits per heavy atom. The van der Waals surface area contributed by atoms with E-state index >= 15 is 0 Å². The van der Waals surface area contributed by atoms with E-state index in [4.69, 9.17) is 0 Å². The molecule has 6 heteroatoms. The molecule has 0 unspecified atom stereocenters. The molecule has 160 valence electrons. The van der Waals surface area contributed by atoms with Gasteiger partial charge < -0.3 is 9.80 Å². The molecular weight excluding hydrogens is 372 g/mol. The van der Waals surface area contributed by atoms with Gasteiger partial charge in [0.1, 0.15) is 0 Å². The number of hydrogen-bond acceptors (Lipinski definition) is 5. The SMILES string of the molecule is C=CCCN(C)CCCC.CC1CN(c2cnc3c(-c4ccncc4)cnn3c2)C1. The number of rotatable bonds is 8. The molecule has 0 amide bonds. The van der Waals surface area contributed by atoms with Crippen LogP contribution in [0.3, 0.4) is 0 Å². The fraction of sp³-hybridized carbons (Fsp3) is 0.458. The molecule has 4 heterocycles. The lowest BCUT2D eigenvalue weighted by atomic mass is 10.0. The summed E-state index contributed by atoms with van der Waals surface area (Å²) in [4.78, 5) is 13.3. The van der Waals surface area contributed by atoms with Crippen LogP contribution in [0.25, 0.3) is 16.8 Å². The molecule has 1 aliphatic heterocycles. The first-order valence-electron chi connectivity index (χ1n) is 10.9. The van der Waals surface area contributed by atoms with E-state index in [-0.39, 0.29) is 0 Å². The highest BCUT2D eigenvalue weighted by molar-refractivity contribution is 5.77. The normalized spacial score (nSPS) is 13.8. The topological polar surface area (TPSA) is 49.6 Å². The predicted octanol–water partition coefficient (Wildman–Crippen LogP) is 4.54. The van der Waals surface area contributed by atoms with Gasteiger partial charge in [0, 0.05) is 37.6 Å². The number of anilines is 1. The summed E-state index contributed by atoms with van der Waals surface area (Å²) in [5.74, 6) is 0.774. The fourth-order valence-electron chi connectivity index (χ4n) is 3.52. The highest BCUT2D eigenvalue weighted by Gasteiger charge is 2.23. The van der Waals surface area contributed by atoms with Crippen molar-refractivity contribution in [2.24, 2.45) is 5.92 Å². The largest absolute Gasteiger partial charge is 0.368 e. The van der Waals surface area contributed by atoms with Gasteiger partial charge in [-0.25, -0.2) is 9.50 Å². The van der Waals surface area contributed by atoms with Crippen LogP contribution in [0.5, 0.6) is 0 Å². The molecular formula is C24H34N6. The lowest BCUT2D eigenvalue weighted by Gasteiger charge is -2.38. The third-order valence-electron chi connectivity index (χ3n) is 5.37. The minimum atomic E-state index is 0.774. The van der Waals surface area contributed by atoms with Gasteiger partial charge in [-0.05, 0) is 50.0 Å². The zero-order chi connectivity index (χ0) is 21.3. The van der Waals surface area contributed by atoms with E-state index < -0.39 is 0 Å². The second-order valence-corrected chi connectivity index (χ2v) is 8.12. The molecule has 4 rings (SSSR count). The molecule has 0 N–H and O–H groups in total. The van der Waals surface area contributed by atoms with Crippen LogP contribution < -0.4 is 4.90 Å². The molecule has 0 radical (unpaired) electrons. The van der Waals surface area contributed by atoms with E-state index in [0.717, 1.165) is 54.4 Å². The monoisotopic (exact) mass is 406 g/mol. The van der Waals surface area contributed by atoms with E-state index in [2.05, 4.69) is 58.5 Å². The van der Waals surface area contributed by atoms with Crippen LogP contribution in [0.4, 0.5) is 5.69 Å². The van der Waals surface area contributed by atoms with Crippen LogP contribution in [0.15, 0.2) is 55.8 Å². The van der Waals surface area contributed by atoms with Gasteiger partial charge in [0.2, 0.25) is 0 Å². The van der Waals surface area contributed by atoms with Crippen molar-refractivity contribution in [3.63, 3.8) is 0 Å². The summed E-state index contributed by atoms with van der Waals surface area (Å²) in [6, 6.07) is 3.95. The lowest BCUT2D eigenvalue weighted by molar-refractivity contribution is 0.334. The van der Waals surface area contributed by atoms with E-state index in [0.29, 0.717) is 0 Å². The minimum absolute atomic E-state index is 0.774. The average molecular weight is 407 g/mol. The smallest absolute Gasteiger partial charge is 0.162 e. The number of fused-ring (bicyclic) bond motifs is 1. The molecule has 1 aliphatic rings. The molecule has 0 bridgehead atoms. The van der Waals surface area contributed by atoms with Gasteiger partial charge in [0.05, 0.1) is 24.3 Å². The molecule has 1 fully saturated rings. The molecule has 3 aromatic rings. The second kappa shape index (κ2) is 10.9. The Labute approximate surface area is 180 Å². The number of aromatic nitrogens is 4. The van der Waals surface area contributed by atoms with Gasteiger partial charge in [-0.3, -0.25) is 4.98 Å². The summed E-state index contributed by atoms with van der Waals surface area (Å²) in [7, 11) is 2.17. The van der Waals surface area contributed by atoms with Crippen LogP contribution in [0.1, 0.15) is 33.1 Å². The molecule has 0 saturated carbocycles. The Kier molecular flexibility index (Phi) is 7.97. The standard InChI is InChI=1S/C15H15N5.C9H19N/c1-11-8-19(9-11)13-6-17-15-14(7-18-20(15)10-13)12-2-4-16-5-3-12;1-4-6-8-10(3)9-7-5-2/h2-7,10-11H,8-9H2,1H3;4H,1,5-9H2,2-3H3. The Bertz CT molecular complexity index is 914. The summed E-state index contributed by atoms with van der Waals surface area (Å²) in [6.45, 7) is 12.8. The Morgan fingerprint density at radius 3 is 2.63 bits per heavy atom. The zero-order valence-corrected chi connectivity index (χ0v) is 18.5.